The largest absolute Gasteiger partial charge is 0.465 e. The average molecular weight is 438 g/mol. The third-order valence-corrected chi connectivity index (χ3v) is 7.47. The van der Waals surface area contributed by atoms with Crippen LogP contribution >= 0.6 is 0 Å². The molecule has 4 rings (SSSR count). The Balaban J connectivity index is 1.86. The number of carbonyl (C=O) groups is 1. The van der Waals surface area contributed by atoms with Gasteiger partial charge >= 0.3 is 5.97 Å². The highest BCUT2D eigenvalue weighted by molar-refractivity contribution is 7.90. The molecule has 0 spiro atoms. The van der Waals surface area contributed by atoms with Gasteiger partial charge in [-0.1, -0.05) is 36.4 Å². The number of ether oxygens (including phenoxy) is 1. The van der Waals surface area contributed by atoms with Gasteiger partial charge in [-0.2, -0.15) is 5.26 Å². The Bertz CT molecular complexity index is 1280. The van der Waals surface area contributed by atoms with Gasteiger partial charge in [-0.25, -0.2) is 12.4 Å². The van der Waals surface area contributed by atoms with Crippen LogP contribution in [-0.2, 0) is 19.6 Å². The highest BCUT2D eigenvalue weighted by atomic mass is 32.2. The molecule has 0 unspecified atom stereocenters. The molecule has 3 aromatic rings. The minimum Gasteiger partial charge on any atom is -0.465 e. The molecular formula is C23H23N3O4S. The van der Waals surface area contributed by atoms with E-state index in [0.717, 1.165) is 0 Å². The van der Waals surface area contributed by atoms with Crippen LogP contribution in [0.1, 0.15) is 31.9 Å². The third-order valence-electron chi connectivity index (χ3n) is 5.78. The van der Waals surface area contributed by atoms with E-state index in [1.165, 1.54) is 3.97 Å². The number of rotatable bonds is 5. The summed E-state index contributed by atoms with van der Waals surface area (Å²) in [4.78, 5) is 12.5. The number of esters is 1. The van der Waals surface area contributed by atoms with Gasteiger partial charge in [0.25, 0.3) is 10.0 Å². The Morgan fingerprint density at radius 1 is 1.23 bits per heavy atom. The van der Waals surface area contributed by atoms with Crippen LogP contribution in [0.25, 0.3) is 10.9 Å². The van der Waals surface area contributed by atoms with Crippen molar-refractivity contribution in [3.8, 4) is 6.07 Å². The molecule has 2 aromatic carbocycles. The number of nitrogens with zero attached hydrogens (tertiary/aromatic N) is 2. The summed E-state index contributed by atoms with van der Waals surface area (Å²) in [7, 11) is -3.84. The molecule has 7 nitrogen and oxygen atoms in total. The molecule has 1 fully saturated rings. The molecular weight excluding hydrogens is 414 g/mol. The van der Waals surface area contributed by atoms with Gasteiger partial charge in [0.2, 0.25) is 0 Å². The second-order valence-electron chi connectivity index (χ2n) is 7.85. The summed E-state index contributed by atoms with van der Waals surface area (Å²) in [5, 5.41) is 13.9. The van der Waals surface area contributed by atoms with Gasteiger partial charge in [-0.3, -0.25) is 10.1 Å². The number of hydrogen-bond acceptors (Lipinski definition) is 6. The maximum absolute atomic E-state index is 13.4. The van der Waals surface area contributed by atoms with Gasteiger partial charge in [-0.15, -0.1) is 0 Å². The fourth-order valence-electron chi connectivity index (χ4n) is 4.23. The van der Waals surface area contributed by atoms with Crippen LogP contribution in [0.2, 0.25) is 0 Å². The summed E-state index contributed by atoms with van der Waals surface area (Å²) in [6, 6.07) is 16.5. The van der Waals surface area contributed by atoms with Crippen molar-refractivity contribution in [2.24, 2.45) is 5.41 Å². The number of nitriles is 1. The molecule has 3 atom stereocenters. The topological polar surface area (TPSA) is 101 Å². The van der Waals surface area contributed by atoms with Gasteiger partial charge in [-0.05, 0) is 44.0 Å². The van der Waals surface area contributed by atoms with Crippen LogP contribution in [0.15, 0.2) is 65.7 Å². The third kappa shape index (κ3) is 3.50. The van der Waals surface area contributed by atoms with Crippen molar-refractivity contribution in [3.05, 3.63) is 66.4 Å². The predicted octanol–water partition coefficient (Wildman–Crippen LogP) is 3.37. The van der Waals surface area contributed by atoms with Crippen molar-refractivity contribution in [2.45, 2.75) is 37.2 Å². The Morgan fingerprint density at radius 3 is 2.58 bits per heavy atom. The number of hydrogen-bond donors (Lipinski definition) is 1. The fourth-order valence-corrected chi connectivity index (χ4v) is 5.63. The maximum atomic E-state index is 13.4. The monoisotopic (exact) mass is 437 g/mol. The molecule has 0 aliphatic carbocycles. The molecule has 0 amide bonds. The molecule has 31 heavy (non-hydrogen) atoms. The quantitative estimate of drug-likeness (QED) is 0.614. The predicted molar refractivity (Wildman–Crippen MR) is 116 cm³/mol. The Hall–Kier alpha value is -3.15. The fraction of sp³-hybridized carbons (Fsp3) is 0.304. The van der Waals surface area contributed by atoms with Crippen LogP contribution < -0.4 is 5.32 Å². The van der Waals surface area contributed by atoms with E-state index < -0.39 is 33.5 Å². The van der Waals surface area contributed by atoms with E-state index in [9.17, 15) is 18.5 Å². The van der Waals surface area contributed by atoms with E-state index >= 15 is 0 Å². The minimum atomic E-state index is -3.84. The SMILES string of the molecule is CCOC(=O)[C@@H]1C[C@](C)(C#N)[C@H](c2cn(S(=O)(=O)c3ccccc3)c3ccccc23)N1. The summed E-state index contributed by atoms with van der Waals surface area (Å²) in [5.74, 6) is -0.410. The molecule has 1 saturated heterocycles. The molecule has 1 aliphatic rings. The van der Waals surface area contributed by atoms with Crippen molar-refractivity contribution in [3.63, 3.8) is 0 Å². The lowest BCUT2D eigenvalue weighted by atomic mass is 9.80. The molecule has 0 saturated carbocycles. The van der Waals surface area contributed by atoms with Crippen LogP contribution in [0.3, 0.4) is 0 Å². The molecule has 1 aliphatic heterocycles. The molecule has 1 aromatic heterocycles. The summed E-state index contributed by atoms with van der Waals surface area (Å²) in [6.45, 7) is 3.76. The number of fused-ring (bicyclic) bond motifs is 1. The first kappa shape index (κ1) is 21.1. The zero-order valence-corrected chi connectivity index (χ0v) is 18.1. The highest BCUT2D eigenvalue weighted by Crippen LogP contribution is 2.46. The molecule has 2 heterocycles. The summed E-state index contributed by atoms with van der Waals surface area (Å²) < 4.78 is 33.1. The normalized spacial score (nSPS) is 23.5. The van der Waals surface area contributed by atoms with E-state index in [2.05, 4.69) is 11.4 Å². The lowest BCUT2D eigenvalue weighted by Gasteiger charge is -2.23. The Labute approximate surface area is 181 Å². The van der Waals surface area contributed by atoms with E-state index in [-0.39, 0.29) is 17.9 Å². The lowest BCUT2D eigenvalue weighted by Crippen LogP contribution is -2.34. The highest BCUT2D eigenvalue weighted by Gasteiger charge is 2.49. The van der Waals surface area contributed by atoms with Crippen molar-refractivity contribution in [2.75, 3.05) is 6.61 Å². The first-order chi connectivity index (χ1) is 14.8. The first-order valence-electron chi connectivity index (χ1n) is 10.1. The van der Waals surface area contributed by atoms with Crippen molar-refractivity contribution < 1.29 is 17.9 Å². The zero-order chi connectivity index (χ0) is 22.2. The van der Waals surface area contributed by atoms with Crippen molar-refractivity contribution >= 4 is 26.9 Å². The van der Waals surface area contributed by atoms with E-state index in [4.69, 9.17) is 4.74 Å². The van der Waals surface area contributed by atoms with E-state index in [0.29, 0.717) is 16.5 Å². The number of benzene rings is 2. The van der Waals surface area contributed by atoms with Gasteiger partial charge in [0.05, 0.1) is 34.5 Å². The second kappa shape index (κ2) is 7.84. The van der Waals surface area contributed by atoms with E-state index in [1.807, 2.05) is 12.1 Å². The van der Waals surface area contributed by atoms with Crippen LogP contribution in [0.5, 0.6) is 0 Å². The Kier molecular flexibility index (Phi) is 5.33. The number of para-hydroxylation sites is 1. The number of aromatic nitrogens is 1. The summed E-state index contributed by atoms with van der Waals surface area (Å²) in [5.41, 5.74) is 0.261. The Morgan fingerprint density at radius 2 is 1.90 bits per heavy atom. The van der Waals surface area contributed by atoms with Gasteiger partial charge in [0.1, 0.15) is 6.04 Å². The van der Waals surface area contributed by atoms with Crippen LogP contribution in [-0.4, -0.2) is 31.0 Å². The molecule has 160 valence electrons. The van der Waals surface area contributed by atoms with Gasteiger partial charge in [0, 0.05) is 11.6 Å². The molecule has 1 N–H and O–H groups in total. The average Bonchev–Trinajstić information content (AvgIpc) is 3.33. The van der Waals surface area contributed by atoms with Gasteiger partial charge < -0.3 is 4.74 Å². The smallest absolute Gasteiger partial charge is 0.323 e. The molecule has 0 radical (unpaired) electrons. The summed E-state index contributed by atoms with van der Waals surface area (Å²) in [6.07, 6.45) is 1.84. The van der Waals surface area contributed by atoms with E-state index in [1.54, 1.807) is 62.5 Å². The minimum absolute atomic E-state index is 0.175. The number of nitrogens with one attached hydrogen (secondary N) is 1. The zero-order valence-electron chi connectivity index (χ0n) is 17.3. The second-order valence-corrected chi connectivity index (χ2v) is 9.67. The summed E-state index contributed by atoms with van der Waals surface area (Å²) >= 11 is 0. The van der Waals surface area contributed by atoms with Crippen molar-refractivity contribution in [1.29, 1.82) is 5.26 Å². The molecule has 8 heteroatoms. The van der Waals surface area contributed by atoms with Crippen LogP contribution in [0.4, 0.5) is 0 Å². The van der Waals surface area contributed by atoms with Crippen molar-refractivity contribution in [1.82, 2.24) is 9.29 Å². The molecule has 0 bridgehead atoms. The maximum Gasteiger partial charge on any atom is 0.323 e. The number of carbonyl (C=O) groups excluding carboxylic acids is 1. The standard InChI is InChI=1S/C23H23N3O4S/c1-3-30-22(27)19-13-23(2,15-24)21(25-19)18-14-26(20-12-8-7-11-17(18)20)31(28,29)16-9-5-4-6-10-16/h4-12,14,19,21,25H,3,13H2,1-2H3/t19-,21-,23+/m0/s1. The van der Waals surface area contributed by atoms with Crippen LogP contribution in [0, 0.1) is 16.7 Å². The lowest BCUT2D eigenvalue weighted by molar-refractivity contribution is -0.145. The first-order valence-corrected chi connectivity index (χ1v) is 11.5. The van der Waals surface area contributed by atoms with Gasteiger partial charge in [0.15, 0.2) is 0 Å².